The summed E-state index contributed by atoms with van der Waals surface area (Å²) in [7, 11) is 0. The van der Waals surface area contributed by atoms with Gasteiger partial charge in [-0.15, -0.1) is 0 Å². The van der Waals surface area contributed by atoms with E-state index in [4.69, 9.17) is 14.2 Å². The lowest BCUT2D eigenvalue weighted by Gasteiger charge is -2.42. The Bertz CT molecular complexity index is 684. The Kier molecular flexibility index (Phi) is 8.33. The number of hydrogen-bond donors (Lipinski definition) is 2. The molecule has 0 saturated carbocycles. The van der Waals surface area contributed by atoms with Gasteiger partial charge >= 0.3 is 0 Å². The van der Waals surface area contributed by atoms with Crippen LogP contribution in [0.1, 0.15) is 18.1 Å². The molecule has 0 aromatic heterocycles. The highest BCUT2D eigenvalue weighted by Crippen LogP contribution is 2.28. The Morgan fingerprint density at radius 1 is 0.857 bits per heavy atom. The molecule has 1 heterocycles. The van der Waals surface area contributed by atoms with Crippen LogP contribution in [-0.4, -0.2) is 52.4 Å². The molecule has 28 heavy (non-hydrogen) atoms. The molecule has 2 aromatic rings. The SMILES string of the molecule is CCSC[C@H]1O[C@H](O)[C@@H](O)[C@@H](OCc2ccccc2)[C@@H]1OCc1ccccc1. The van der Waals surface area contributed by atoms with Crippen molar-refractivity contribution in [1.82, 2.24) is 0 Å². The molecule has 0 radical (unpaired) electrons. The summed E-state index contributed by atoms with van der Waals surface area (Å²) in [5.41, 5.74) is 2.03. The molecule has 1 aliphatic rings. The van der Waals surface area contributed by atoms with Crippen molar-refractivity contribution in [3.05, 3.63) is 71.8 Å². The molecule has 6 heteroatoms. The predicted molar refractivity (Wildman–Crippen MR) is 110 cm³/mol. The number of aliphatic hydroxyl groups is 2. The second kappa shape index (κ2) is 11.0. The van der Waals surface area contributed by atoms with Gasteiger partial charge in [-0.25, -0.2) is 0 Å². The second-order valence-corrected chi connectivity index (χ2v) is 8.06. The predicted octanol–water partition coefficient (Wildman–Crippen LogP) is 2.99. The van der Waals surface area contributed by atoms with Crippen molar-refractivity contribution in [1.29, 1.82) is 0 Å². The van der Waals surface area contributed by atoms with Gasteiger partial charge in [0.1, 0.15) is 18.3 Å². The van der Waals surface area contributed by atoms with Gasteiger partial charge in [-0.3, -0.25) is 0 Å². The summed E-state index contributed by atoms with van der Waals surface area (Å²) in [5.74, 6) is 1.59. The van der Waals surface area contributed by atoms with Gasteiger partial charge in [0.05, 0.1) is 19.3 Å². The van der Waals surface area contributed by atoms with E-state index < -0.39 is 24.6 Å². The van der Waals surface area contributed by atoms with Crippen molar-refractivity contribution in [3.63, 3.8) is 0 Å². The number of hydrogen-bond acceptors (Lipinski definition) is 6. The normalized spacial score (nSPS) is 27.6. The van der Waals surface area contributed by atoms with Crippen LogP contribution in [-0.2, 0) is 27.4 Å². The van der Waals surface area contributed by atoms with Gasteiger partial charge < -0.3 is 24.4 Å². The van der Waals surface area contributed by atoms with Crippen LogP contribution in [0.3, 0.4) is 0 Å². The fourth-order valence-electron chi connectivity index (χ4n) is 3.20. The van der Waals surface area contributed by atoms with Crippen LogP contribution in [0.4, 0.5) is 0 Å². The van der Waals surface area contributed by atoms with Crippen molar-refractivity contribution in [2.45, 2.75) is 50.8 Å². The smallest absolute Gasteiger partial charge is 0.184 e. The summed E-state index contributed by atoms with van der Waals surface area (Å²) in [6, 6.07) is 19.6. The number of rotatable bonds is 9. The molecule has 0 bridgehead atoms. The Balaban J connectivity index is 1.73. The first-order valence-electron chi connectivity index (χ1n) is 9.59. The average Bonchev–Trinajstić information content (AvgIpc) is 2.74. The summed E-state index contributed by atoms with van der Waals surface area (Å²) < 4.78 is 17.9. The molecular weight excluding hydrogens is 376 g/mol. The molecule has 0 spiro atoms. The third kappa shape index (κ3) is 5.80. The van der Waals surface area contributed by atoms with Crippen LogP contribution in [0.25, 0.3) is 0 Å². The van der Waals surface area contributed by atoms with Crippen molar-refractivity contribution in [2.24, 2.45) is 0 Å². The molecule has 152 valence electrons. The minimum Gasteiger partial charge on any atom is -0.385 e. The fraction of sp³-hybridized carbons (Fsp3) is 0.455. The maximum absolute atomic E-state index is 10.5. The van der Waals surface area contributed by atoms with Crippen LogP contribution in [0.5, 0.6) is 0 Å². The van der Waals surface area contributed by atoms with E-state index in [9.17, 15) is 10.2 Å². The molecule has 0 unspecified atom stereocenters. The highest BCUT2D eigenvalue weighted by Gasteiger charge is 2.46. The molecule has 1 saturated heterocycles. The van der Waals surface area contributed by atoms with Gasteiger partial charge in [-0.05, 0) is 16.9 Å². The van der Waals surface area contributed by atoms with E-state index in [0.29, 0.717) is 19.0 Å². The number of benzene rings is 2. The van der Waals surface area contributed by atoms with E-state index in [2.05, 4.69) is 6.92 Å². The standard InChI is InChI=1S/C22H28O5S/c1-2-28-15-18-20(25-13-16-9-5-3-6-10-16)21(19(23)22(24)27-18)26-14-17-11-7-4-8-12-17/h3-12,18-24H,2,13-15H2,1H3/t18-,19+,20-,21-,22+/m1/s1. The van der Waals surface area contributed by atoms with E-state index in [1.165, 1.54) is 0 Å². The summed E-state index contributed by atoms with van der Waals surface area (Å²) in [6.45, 7) is 2.78. The van der Waals surface area contributed by atoms with Gasteiger partial charge in [0.15, 0.2) is 6.29 Å². The Hall–Kier alpha value is -1.41. The number of thioether (sulfide) groups is 1. The van der Waals surface area contributed by atoms with Gasteiger partial charge in [-0.2, -0.15) is 11.8 Å². The molecule has 5 nitrogen and oxygen atoms in total. The number of aliphatic hydroxyl groups excluding tert-OH is 2. The lowest BCUT2D eigenvalue weighted by atomic mass is 9.99. The van der Waals surface area contributed by atoms with Crippen molar-refractivity contribution < 1.29 is 24.4 Å². The molecule has 3 rings (SSSR count). The van der Waals surface area contributed by atoms with Gasteiger partial charge in [0, 0.05) is 5.75 Å². The second-order valence-electron chi connectivity index (χ2n) is 6.74. The summed E-state index contributed by atoms with van der Waals surface area (Å²) in [4.78, 5) is 0. The summed E-state index contributed by atoms with van der Waals surface area (Å²) in [5, 5.41) is 20.7. The van der Waals surface area contributed by atoms with E-state index in [1.807, 2.05) is 60.7 Å². The minimum atomic E-state index is -1.29. The van der Waals surface area contributed by atoms with Crippen LogP contribution >= 0.6 is 11.8 Å². The van der Waals surface area contributed by atoms with Crippen LogP contribution in [0.2, 0.25) is 0 Å². The van der Waals surface area contributed by atoms with Crippen LogP contribution < -0.4 is 0 Å². The lowest BCUT2D eigenvalue weighted by Crippen LogP contribution is -2.60. The monoisotopic (exact) mass is 404 g/mol. The average molecular weight is 405 g/mol. The van der Waals surface area contributed by atoms with Crippen LogP contribution in [0, 0.1) is 0 Å². The fourth-order valence-corrected chi connectivity index (χ4v) is 3.94. The Morgan fingerprint density at radius 3 is 1.93 bits per heavy atom. The summed E-state index contributed by atoms with van der Waals surface area (Å²) in [6.07, 6.45) is -4.00. The zero-order valence-corrected chi connectivity index (χ0v) is 16.8. The van der Waals surface area contributed by atoms with Gasteiger partial charge in [-0.1, -0.05) is 67.6 Å². The molecule has 1 aliphatic heterocycles. The highest BCUT2D eigenvalue weighted by atomic mass is 32.2. The molecule has 5 atom stereocenters. The van der Waals surface area contributed by atoms with Gasteiger partial charge in [0.2, 0.25) is 0 Å². The molecule has 0 aliphatic carbocycles. The zero-order chi connectivity index (χ0) is 19.8. The molecule has 0 amide bonds. The first-order chi connectivity index (χ1) is 13.7. The third-order valence-electron chi connectivity index (χ3n) is 4.69. The third-order valence-corrected chi connectivity index (χ3v) is 5.66. The maximum Gasteiger partial charge on any atom is 0.184 e. The quantitative estimate of drug-likeness (QED) is 0.670. The van der Waals surface area contributed by atoms with Crippen molar-refractivity contribution >= 4 is 11.8 Å². The lowest BCUT2D eigenvalue weighted by molar-refractivity contribution is -0.296. The van der Waals surface area contributed by atoms with E-state index in [0.717, 1.165) is 16.9 Å². The molecule has 2 aromatic carbocycles. The van der Waals surface area contributed by atoms with E-state index >= 15 is 0 Å². The molecule has 2 N–H and O–H groups in total. The van der Waals surface area contributed by atoms with Crippen molar-refractivity contribution in [2.75, 3.05) is 11.5 Å². The highest BCUT2D eigenvalue weighted by molar-refractivity contribution is 7.99. The van der Waals surface area contributed by atoms with E-state index in [1.54, 1.807) is 11.8 Å². The van der Waals surface area contributed by atoms with Crippen molar-refractivity contribution in [3.8, 4) is 0 Å². The first-order valence-corrected chi connectivity index (χ1v) is 10.7. The van der Waals surface area contributed by atoms with Gasteiger partial charge in [0.25, 0.3) is 0 Å². The van der Waals surface area contributed by atoms with Crippen LogP contribution in [0.15, 0.2) is 60.7 Å². The largest absolute Gasteiger partial charge is 0.385 e. The zero-order valence-electron chi connectivity index (χ0n) is 16.0. The van der Waals surface area contributed by atoms with E-state index in [-0.39, 0.29) is 6.10 Å². The summed E-state index contributed by atoms with van der Waals surface area (Å²) >= 11 is 1.71. The minimum absolute atomic E-state index is 0.328. The Labute approximate surface area is 170 Å². The molecule has 1 fully saturated rings. The first kappa shape index (κ1) is 21.3. The topological polar surface area (TPSA) is 68.2 Å². The maximum atomic E-state index is 10.5. The Morgan fingerprint density at radius 2 is 1.39 bits per heavy atom. The molecular formula is C22H28O5S. The number of ether oxygens (including phenoxy) is 3.